The molecule has 1 rings (SSSR count). The Hall–Kier alpha value is -2.78. The number of carbonyl (C=O) groups is 6. The SMILES string of the molecule is O=C(O)CCCCCCCCC(=O)OC(=O)C1CCCCC1C(=O)OC(=O)CCCCCCCCC(=O)O. The minimum absolute atomic E-state index is 0.0980. The van der Waals surface area contributed by atoms with Gasteiger partial charge in [-0.3, -0.25) is 28.8 Å². The third-order valence-electron chi connectivity index (χ3n) is 6.84. The molecular formula is C28H44O10. The van der Waals surface area contributed by atoms with Crippen LogP contribution in [0.3, 0.4) is 0 Å². The second kappa shape index (κ2) is 20.2. The van der Waals surface area contributed by atoms with Crippen LogP contribution < -0.4 is 0 Å². The van der Waals surface area contributed by atoms with E-state index in [1.807, 2.05) is 0 Å². The summed E-state index contributed by atoms with van der Waals surface area (Å²) >= 11 is 0. The van der Waals surface area contributed by atoms with Crippen molar-refractivity contribution in [3.63, 3.8) is 0 Å². The maximum atomic E-state index is 12.6. The fourth-order valence-corrected chi connectivity index (χ4v) is 4.68. The second-order valence-corrected chi connectivity index (χ2v) is 10.1. The summed E-state index contributed by atoms with van der Waals surface area (Å²) in [4.78, 5) is 70.4. The van der Waals surface area contributed by atoms with Gasteiger partial charge in [-0.2, -0.15) is 0 Å². The van der Waals surface area contributed by atoms with Crippen LogP contribution in [0.5, 0.6) is 0 Å². The number of rotatable bonds is 20. The molecule has 0 saturated heterocycles. The summed E-state index contributed by atoms with van der Waals surface area (Å²) in [6.07, 6.45) is 11.9. The second-order valence-electron chi connectivity index (χ2n) is 10.1. The zero-order chi connectivity index (χ0) is 28.2. The first-order valence-corrected chi connectivity index (χ1v) is 14.1. The Morgan fingerprint density at radius 3 is 1.08 bits per heavy atom. The van der Waals surface area contributed by atoms with Gasteiger partial charge in [0.1, 0.15) is 0 Å². The van der Waals surface area contributed by atoms with E-state index in [-0.39, 0.29) is 25.7 Å². The molecular weight excluding hydrogens is 496 g/mol. The van der Waals surface area contributed by atoms with Gasteiger partial charge in [-0.05, 0) is 38.5 Å². The number of hydrogen-bond donors (Lipinski definition) is 2. The molecule has 0 spiro atoms. The van der Waals surface area contributed by atoms with Crippen molar-refractivity contribution in [3.05, 3.63) is 0 Å². The predicted molar refractivity (Wildman–Crippen MR) is 137 cm³/mol. The lowest BCUT2D eigenvalue weighted by molar-refractivity contribution is -0.173. The number of carboxylic acids is 2. The first-order chi connectivity index (χ1) is 18.2. The molecule has 0 heterocycles. The Bertz CT molecular complexity index is 712. The molecule has 1 aliphatic rings. The number of carbonyl (C=O) groups excluding carboxylic acids is 4. The highest BCUT2D eigenvalue weighted by Gasteiger charge is 2.39. The lowest BCUT2D eigenvalue weighted by Crippen LogP contribution is -2.36. The largest absolute Gasteiger partial charge is 0.481 e. The monoisotopic (exact) mass is 540 g/mol. The minimum Gasteiger partial charge on any atom is -0.481 e. The maximum Gasteiger partial charge on any atom is 0.317 e. The van der Waals surface area contributed by atoms with Crippen LogP contribution in [-0.4, -0.2) is 46.0 Å². The molecule has 1 fully saturated rings. The minimum atomic E-state index is -0.799. The molecule has 0 aliphatic heterocycles. The molecule has 10 nitrogen and oxygen atoms in total. The Balaban J connectivity index is 2.27. The zero-order valence-electron chi connectivity index (χ0n) is 22.5. The number of hydrogen-bond acceptors (Lipinski definition) is 8. The third kappa shape index (κ3) is 16.1. The van der Waals surface area contributed by atoms with Crippen LogP contribution in [-0.2, 0) is 38.2 Å². The standard InChI is InChI=1S/C28H44O10/c29-23(30)17-9-5-1-3-7-11-19-25(33)37-27(35)21-15-13-14-16-22(21)28(36)38-26(34)20-12-8-4-2-6-10-18-24(31)32/h21-22H,1-20H2,(H,29,30)(H,31,32). The summed E-state index contributed by atoms with van der Waals surface area (Å²) < 4.78 is 10.0. The first-order valence-electron chi connectivity index (χ1n) is 14.1. The van der Waals surface area contributed by atoms with Crippen LogP contribution in [0.15, 0.2) is 0 Å². The van der Waals surface area contributed by atoms with Crippen LogP contribution in [0.25, 0.3) is 0 Å². The molecule has 216 valence electrons. The van der Waals surface area contributed by atoms with Gasteiger partial charge in [0.05, 0.1) is 11.8 Å². The van der Waals surface area contributed by atoms with Crippen LogP contribution >= 0.6 is 0 Å². The molecule has 0 amide bonds. The smallest absolute Gasteiger partial charge is 0.317 e. The van der Waals surface area contributed by atoms with Crippen LogP contribution in [0.4, 0.5) is 0 Å². The Morgan fingerprint density at radius 1 is 0.474 bits per heavy atom. The van der Waals surface area contributed by atoms with Crippen LogP contribution in [0.2, 0.25) is 0 Å². The average Bonchev–Trinajstić information content (AvgIpc) is 2.86. The Morgan fingerprint density at radius 2 is 0.763 bits per heavy atom. The van der Waals surface area contributed by atoms with Gasteiger partial charge in [0.15, 0.2) is 0 Å². The zero-order valence-corrected chi connectivity index (χ0v) is 22.5. The summed E-state index contributed by atoms with van der Waals surface area (Å²) in [5, 5.41) is 17.2. The molecule has 0 aromatic rings. The van der Waals surface area contributed by atoms with Gasteiger partial charge in [-0.25, -0.2) is 0 Å². The van der Waals surface area contributed by atoms with Crippen molar-refractivity contribution >= 4 is 35.8 Å². The van der Waals surface area contributed by atoms with E-state index in [0.717, 1.165) is 64.2 Å². The van der Waals surface area contributed by atoms with Crippen LogP contribution in [0, 0.1) is 11.8 Å². The number of esters is 4. The third-order valence-corrected chi connectivity index (χ3v) is 6.84. The molecule has 2 atom stereocenters. The van der Waals surface area contributed by atoms with Crippen LogP contribution in [0.1, 0.15) is 128 Å². The maximum absolute atomic E-state index is 12.6. The van der Waals surface area contributed by atoms with Crippen molar-refractivity contribution < 1.29 is 48.5 Å². The lowest BCUT2D eigenvalue weighted by atomic mass is 9.79. The fraction of sp³-hybridized carbons (Fsp3) is 0.786. The van der Waals surface area contributed by atoms with E-state index in [4.69, 9.17) is 19.7 Å². The molecule has 0 radical (unpaired) electrons. The summed E-state index contributed by atoms with van der Waals surface area (Å²) in [7, 11) is 0. The average molecular weight is 541 g/mol. The first kappa shape index (κ1) is 33.2. The number of carboxylic acid groups (broad SMARTS) is 2. The van der Waals surface area contributed by atoms with Gasteiger partial charge in [0.2, 0.25) is 0 Å². The van der Waals surface area contributed by atoms with Crippen molar-refractivity contribution in [1.82, 2.24) is 0 Å². The highest BCUT2D eigenvalue weighted by molar-refractivity contribution is 5.92. The van der Waals surface area contributed by atoms with Gasteiger partial charge in [-0.1, -0.05) is 64.2 Å². The van der Waals surface area contributed by atoms with E-state index >= 15 is 0 Å². The molecule has 0 aromatic heterocycles. The number of aliphatic carboxylic acids is 2. The molecule has 0 bridgehead atoms. The van der Waals surface area contributed by atoms with Crippen molar-refractivity contribution in [1.29, 1.82) is 0 Å². The van der Waals surface area contributed by atoms with E-state index < -0.39 is 47.7 Å². The van der Waals surface area contributed by atoms with Gasteiger partial charge >= 0.3 is 35.8 Å². The summed E-state index contributed by atoms with van der Waals surface area (Å²) in [6, 6.07) is 0. The molecule has 2 unspecified atom stereocenters. The predicted octanol–water partition coefficient (Wildman–Crippen LogP) is 5.34. The molecule has 38 heavy (non-hydrogen) atoms. The van der Waals surface area contributed by atoms with Crippen molar-refractivity contribution in [3.8, 4) is 0 Å². The quantitative estimate of drug-likeness (QED) is 0.117. The topological polar surface area (TPSA) is 161 Å². The summed E-state index contributed by atoms with van der Waals surface area (Å²) in [6.45, 7) is 0. The Kier molecular flexibility index (Phi) is 17.7. The molecule has 2 N–H and O–H groups in total. The lowest BCUT2D eigenvalue weighted by Gasteiger charge is -2.27. The van der Waals surface area contributed by atoms with E-state index in [2.05, 4.69) is 0 Å². The Labute approximate surface area is 224 Å². The molecule has 1 saturated carbocycles. The van der Waals surface area contributed by atoms with E-state index in [1.165, 1.54) is 0 Å². The van der Waals surface area contributed by atoms with Crippen molar-refractivity contribution in [2.45, 2.75) is 128 Å². The molecule has 10 heteroatoms. The highest BCUT2D eigenvalue weighted by Crippen LogP contribution is 2.32. The fourth-order valence-electron chi connectivity index (χ4n) is 4.68. The summed E-state index contributed by atoms with van der Waals surface area (Å²) in [5.74, 6) is -5.92. The molecule has 0 aromatic carbocycles. The number of ether oxygens (including phenoxy) is 2. The van der Waals surface area contributed by atoms with Gasteiger partial charge in [0.25, 0.3) is 0 Å². The highest BCUT2D eigenvalue weighted by atomic mass is 16.6. The van der Waals surface area contributed by atoms with Gasteiger partial charge in [-0.15, -0.1) is 0 Å². The van der Waals surface area contributed by atoms with E-state index in [0.29, 0.717) is 38.5 Å². The summed E-state index contributed by atoms with van der Waals surface area (Å²) in [5.41, 5.74) is 0. The molecule has 1 aliphatic carbocycles. The van der Waals surface area contributed by atoms with Crippen molar-refractivity contribution in [2.75, 3.05) is 0 Å². The van der Waals surface area contributed by atoms with Gasteiger partial charge in [0, 0.05) is 25.7 Å². The van der Waals surface area contributed by atoms with E-state index in [1.54, 1.807) is 0 Å². The normalized spacial score (nSPS) is 16.9. The van der Waals surface area contributed by atoms with E-state index in [9.17, 15) is 28.8 Å². The number of unbranched alkanes of at least 4 members (excludes halogenated alkanes) is 10. The van der Waals surface area contributed by atoms with Crippen molar-refractivity contribution in [2.24, 2.45) is 11.8 Å². The van der Waals surface area contributed by atoms with Gasteiger partial charge < -0.3 is 19.7 Å².